The summed E-state index contributed by atoms with van der Waals surface area (Å²) in [5, 5.41) is 0. The Morgan fingerprint density at radius 2 is 1.69 bits per heavy atom. The number of para-hydroxylation sites is 1. The molecule has 0 aliphatic carbocycles. The number of nitrogens with zero attached hydrogens (tertiary/aromatic N) is 1. The lowest BCUT2D eigenvalue weighted by Gasteiger charge is -2.18. The van der Waals surface area contributed by atoms with Crippen molar-refractivity contribution in [2.45, 2.75) is 33.4 Å². The second-order valence-electron chi connectivity index (χ2n) is 6.09. The third-order valence-electron chi connectivity index (χ3n) is 3.97. The number of rotatable bonds is 8. The van der Waals surface area contributed by atoms with E-state index in [4.69, 9.17) is 4.74 Å². The number of hydrogen-bond donors (Lipinski definition) is 0. The molecule has 0 N–H and O–H groups in total. The summed E-state index contributed by atoms with van der Waals surface area (Å²) in [5.41, 5.74) is 2.91. The van der Waals surface area contributed by atoms with Crippen LogP contribution >= 0.6 is 0 Å². The van der Waals surface area contributed by atoms with E-state index in [1.54, 1.807) is 24.1 Å². The molecule has 0 saturated carbocycles. The predicted molar refractivity (Wildman–Crippen MR) is 95.6 cm³/mol. The largest absolute Gasteiger partial charge is 0.493 e. The Morgan fingerprint density at radius 3 is 2.27 bits per heavy atom. The summed E-state index contributed by atoms with van der Waals surface area (Å²) < 4.78 is 34.3. The number of alkyl halides is 2. The van der Waals surface area contributed by atoms with Gasteiger partial charge in [-0.2, -0.15) is 8.78 Å². The van der Waals surface area contributed by atoms with E-state index in [2.05, 4.69) is 4.74 Å². The summed E-state index contributed by atoms with van der Waals surface area (Å²) in [6.07, 6.45) is 0.261. The minimum atomic E-state index is -2.85. The molecule has 6 heteroatoms. The van der Waals surface area contributed by atoms with Crippen molar-refractivity contribution in [1.82, 2.24) is 4.90 Å². The number of halogens is 2. The minimum Gasteiger partial charge on any atom is -0.493 e. The van der Waals surface area contributed by atoms with Gasteiger partial charge in [-0.1, -0.05) is 30.3 Å². The smallest absolute Gasteiger partial charge is 0.387 e. The van der Waals surface area contributed by atoms with Gasteiger partial charge in [0.1, 0.15) is 11.5 Å². The van der Waals surface area contributed by atoms with Gasteiger partial charge in [-0.3, -0.25) is 4.79 Å². The fourth-order valence-corrected chi connectivity index (χ4v) is 2.60. The zero-order chi connectivity index (χ0) is 19.1. The maximum Gasteiger partial charge on any atom is 0.387 e. The molecular formula is C20H23F2NO3. The lowest BCUT2D eigenvalue weighted by Crippen LogP contribution is -2.27. The second kappa shape index (κ2) is 9.17. The van der Waals surface area contributed by atoms with E-state index < -0.39 is 6.61 Å². The topological polar surface area (TPSA) is 38.8 Å². The zero-order valence-electron chi connectivity index (χ0n) is 15.2. The third kappa shape index (κ3) is 5.72. The standard InChI is InChI=1S/C20H23F2NO3/c1-14-5-4-6-15(2)19(14)25-12-11-18(24)23(3)13-16-7-9-17(10-8-16)26-20(21)22/h4-10,20H,11-13H2,1-3H3. The van der Waals surface area contributed by atoms with Crippen LogP contribution in [0.1, 0.15) is 23.1 Å². The Morgan fingerprint density at radius 1 is 1.08 bits per heavy atom. The van der Waals surface area contributed by atoms with E-state index >= 15 is 0 Å². The molecule has 2 aromatic rings. The maximum absolute atomic E-state index is 12.2. The third-order valence-corrected chi connectivity index (χ3v) is 3.97. The second-order valence-corrected chi connectivity index (χ2v) is 6.09. The molecule has 26 heavy (non-hydrogen) atoms. The number of hydrogen-bond acceptors (Lipinski definition) is 3. The van der Waals surface area contributed by atoms with Crippen LogP contribution in [0.4, 0.5) is 8.78 Å². The van der Waals surface area contributed by atoms with Crippen molar-refractivity contribution in [2.75, 3.05) is 13.7 Å². The van der Waals surface area contributed by atoms with Gasteiger partial charge in [0, 0.05) is 13.6 Å². The SMILES string of the molecule is Cc1cccc(C)c1OCCC(=O)N(C)Cc1ccc(OC(F)F)cc1. The van der Waals surface area contributed by atoms with Gasteiger partial charge in [0.05, 0.1) is 13.0 Å². The van der Waals surface area contributed by atoms with Gasteiger partial charge >= 0.3 is 6.61 Å². The molecule has 0 aliphatic rings. The minimum absolute atomic E-state index is 0.0517. The molecule has 0 fully saturated rings. The highest BCUT2D eigenvalue weighted by atomic mass is 19.3. The van der Waals surface area contributed by atoms with Crippen molar-refractivity contribution >= 4 is 5.91 Å². The number of ether oxygens (including phenoxy) is 2. The number of aryl methyl sites for hydroxylation is 2. The van der Waals surface area contributed by atoms with Crippen LogP contribution in [0.5, 0.6) is 11.5 Å². The van der Waals surface area contributed by atoms with Crippen molar-refractivity contribution < 1.29 is 23.0 Å². The molecule has 2 aromatic carbocycles. The van der Waals surface area contributed by atoms with E-state index in [1.165, 1.54) is 12.1 Å². The van der Waals surface area contributed by atoms with Crippen LogP contribution in [0, 0.1) is 13.8 Å². The van der Waals surface area contributed by atoms with Crippen LogP contribution < -0.4 is 9.47 Å². The Hall–Kier alpha value is -2.63. The molecule has 0 atom stereocenters. The average Bonchev–Trinajstić information content (AvgIpc) is 2.58. The summed E-state index contributed by atoms with van der Waals surface area (Å²) in [6.45, 7) is 1.78. The van der Waals surface area contributed by atoms with Crippen LogP contribution in [-0.2, 0) is 11.3 Å². The molecule has 0 aliphatic heterocycles. The van der Waals surface area contributed by atoms with Crippen molar-refractivity contribution in [1.29, 1.82) is 0 Å². The molecule has 0 aromatic heterocycles. The maximum atomic E-state index is 12.2. The summed E-state index contributed by atoms with van der Waals surface area (Å²) in [7, 11) is 1.70. The molecular weight excluding hydrogens is 340 g/mol. The van der Waals surface area contributed by atoms with Crippen LogP contribution in [0.2, 0.25) is 0 Å². The average molecular weight is 363 g/mol. The van der Waals surface area contributed by atoms with Crippen LogP contribution in [0.15, 0.2) is 42.5 Å². The summed E-state index contributed by atoms with van der Waals surface area (Å²) in [4.78, 5) is 13.8. The first kappa shape index (κ1) is 19.7. The van der Waals surface area contributed by atoms with Crippen molar-refractivity contribution in [3.8, 4) is 11.5 Å². The molecule has 0 saturated heterocycles. The predicted octanol–water partition coefficient (Wildman–Crippen LogP) is 4.33. The van der Waals surface area contributed by atoms with Crippen LogP contribution in [0.3, 0.4) is 0 Å². The fourth-order valence-electron chi connectivity index (χ4n) is 2.60. The van der Waals surface area contributed by atoms with E-state index in [0.29, 0.717) is 13.2 Å². The first-order valence-electron chi connectivity index (χ1n) is 8.33. The van der Waals surface area contributed by atoms with E-state index in [-0.39, 0.29) is 18.1 Å². The molecule has 0 radical (unpaired) electrons. The molecule has 0 heterocycles. The van der Waals surface area contributed by atoms with Crippen LogP contribution in [-0.4, -0.2) is 31.1 Å². The first-order chi connectivity index (χ1) is 12.4. The Labute approximate surface area is 152 Å². The summed E-state index contributed by atoms with van der Waals surface area (Å²) >= 11 is 0. The molecule has 0 unspecified atom stereocenters. The molecule has 4 nitrogen and oxygen atoms in total. The van der Waals surface area contributed by atoms with Gasteiger partial charge in [-0.15, -0.1) is 0 Å². The zero-order valence-corrected chi connectivity index (χ0v) is 15.2. The summed E-state index contributed by atoms with van der Waals surface area (Å²) in [5.74, 6) is 0.862. The first-order valence-corrected chi connectivity index (χ1v) is 8.33. The van der Waals surface area contributed by atoms with Crippen molar-refractivity contribution in [3.05, 3.63) is 59.2 Å². The molecule has 1 amide bonds. The highest BCUT2D eigenvalue weighted by Crippen LogP contribution is 2.22. The van der Waals surface area contributed by atoms with Crippen molar-refractivity contribution in [3.63, 3.8) is 0 Å². The summed E-state index contributed by atoms with van der Waals surface area (Å²) in [6, 6.07) is 12.2. The number of carbonyl (C=O) groups is 1. The molecule has 0 bridgehead atoms. The molecule has 0 spiro atoms. The van der Waals surface area contributed by atoms with Gasteiger partial charge < -0.3 is 14.4 Å². The van der Waals surface area contributed by atoms with E-state index in [0.717, 1.165) is 22.4 Å². The number of carbonyl (C=O) groups excluding carboxylic acids is 1. The monoisotopic (exact) mass is 363 g/mol. The highest BCUT2D eigenvalue weighted by molar-refractivity contribution is 5.76. The van der Waals surface area contributed by atoms with Gasteiger partial charge in [-0.05, 0) is 42.7 Å². The Kier molecular flexibility index (Phi) is 6.95. The lowest BCUT2D eigenvalue weighted by molar-refractivity contribution is -0.130. The quantitative estimate of drug-likeness (QED) is 0.701. The van der Waals surface area contributed by atoms with Gasteiger partial charge in [0.2, 0.25) is 5.91 Å². The fraction of sp³-hybridized carbons (Fsp3) is 0.350. The number of amides is 1. The Bertz CT molecular complexity index is 712. The van der Waals surface area contributed by atoms with E-state index in [9.17, 15) is 13.6 Å². The van der Waals surface area contributed by atoms with Crippen molar-refractivity contribution in [2.24, 2.45) is 0 Å². The van der Waals surface area contributed by atoms with Crippen LogP contribution in [0.25, 0.3) is 0 Å². The Balaban J connectivity index is 1.82. The molecule has 140 valence electrons. The highest BCUT2D eigenvalue weighted by Gasteiger charge is 2.11. The number of benzene rings is 2. The normalized spacial score (nSPS) is 10.7. The van der Waals surface area contributed by atoms with Gasteiger partial charge in [0.25, 0.3) is 0 Å². The van der Waals surface area contributed by atoms with Gasteiger partial charge in [-0.25, -0.2) is 0 Å². The van der Waals surface area contributed by atoms with Gasteiger partial charge in [0.15, 0.2) is 0 Å². The lowest BCUT2D eigenvalue weighted by atomic mass is 10.1. The molecule has 2 rings (SSSR count). The van der Waals surface area contributed by atoms with E-state index in [1.807, 2.05) is 32.0 Å².